The fourth-order valence-electron chi connectivity index (χ4n) is 1.75. The molecule has 3 amide bonds. The Balaban J connectivity index is 1.80. The lowest BCUT2D eigenvalue weighted by molar-refractivity contribution is -0.115. The minimum atomic E-state index is -0.580. The zero-order valence-electron chi connectivity index (χ0n) is 13.8. The van der Waals surface area contributed by atoms with Crippen LogP contribution in [-0.2, 0) is 4.79 Å². The van der Waals surface area contributed by atoms with Gasteiger partial charge in [0.25, 0.3) is 0 Å². The number of halogens is 1. The Morgan fingerprint density at radius 1 is 1.28 bits per heavy atom. The molecule has 7 nitrogen and oxygen atoms in total. The molecule has 10 heteroatoms. The summed E-state index contributed by atoms with van der Waals surface area (Å²) in [4.78, 5) is 23.2. The number of carbonyl (C=O) groups is 2. The van der Waals surface area contributed by atoms with Crippen LogP contribution in [0.25, 0.3) is 0 Å². The molecule has 2 rings (SSSR count). The molecule has 134 valence electrons. The first-order valence-electron chi connectivity index (χ1n) is 7.55. The van der Waals surface area contributed by atoms with Gasteiger partial charge < -0.3 is 16.0 Å². The molecule has 0 aliphatic rings. The molecule has 3 N–H and O–H groups in total. The van der Waals surface area contributed by atoms with Crippen LogP contribution in [-0.4, -0.2) is 34.4 Å². The van der Waals surface area contributed by atoms with E-state index in [-0.39, 0.29) is 11.6 Å². The summed E-state index contributed by atoms with van der Waals surface area (Å²) in [5.41, 5.74) is 0.421. The smallest absolute Gasteiger partial charge is 0.319 e. The van der Waals surface area contributed by atoms with Gasteiger partial charge in [0.05, 0.1) is 5.69 Å². The third-order valence-electron chi connectivity index (χ3n) is 2.94. The second-order valence-corrected chi connectivity index (χ2v) is 7.44. The molecule has 0 spiro atoms. The average molecular weight is 383 g/mol. The summed E-state index contributed by atoms with van der Waals surface area (Å²) < 4.78 is 14.6. The Morgan fingerprint density at radius 2 is 2.08 bits per heavy atom. The van der Waals surface area contributed by atoms with Gasteiger partial charge in [-0.05, 0) is 25.1 Å². The zero-order valence-corrected chi connectivity index (χ0v) is 15.4. The largest absolute Gasteiger partial charge is 0.337 e. The molecule has 1 aromatic heterocycles. The number of hydrogen-bond acceptors (Lipinski definition) is 6. The second kappa shape index (κ2) is 9.33. The first-order valence-corrected chi connectivity index (χ1v) is 9.35. The predicted molar refractivity (Wildman–Crippen MR) is 97.7 cm³/mol. The maximum Gasteiger partial charge on any atom is 0.319 e. The summed E-state index contributed by atoms with van der Waals surface area (Å²) in [7, 11) is 0. The maximum absolute atomic E-state index is 13.8. The second-order valence-electron chi connectivity index (χ2n) is 4.91. The van der Waals surface area contributed by atoms with Crippen molar-refractivity contribution in [3.05, 3.63) is 29.0 Å². The highest BCUT2D eigenvalue weighted by atomic mass is 32.2. The van der Waals surface area contributed by atoms with Crippen LogP contribution in [0.5, 0.6) is 0 Å². The van der Waals surface area contributed by atoms with Crippen molar-refractivity contribution in [3.63, 3.8) is 0 Å². The van der Waals surface area contributed by atoms with Crippen molar-refractivity contribution in [3.8, 4) is 0 Å². The molecule has 0 saturated carbocycles. The molecule has 0 radical (unpaired) electrons. The lowest BCUT2D eigenvalue weighted by Gasteiger charge is -2.10. The molecule has 0 aliphatic carbocycles. The number of carbonyl (C=O) groups excluding carboxylic acids is 2. The van der Waals surface area contributed by atoms with Gasteiger partial charge in [0, 0.05) is 24.4 Å². The number of aryl methyl sites for hydroxylation is 1. The van der Waals surface area contributed by atoms with Gasteiger partial charge in [0.2, 0.25) is 5.91 Å². The number of anilines is 2. The minimum absolute atomic E-state index is 0.00111. The van der Waals surface area contributed by atoms with Crippen molar-refractivity contribution < 1.29 is 14.0 Å². The van der Waals surface area contributed by atoms with Gasteiger partial charge >= 0.3 is 6.03 Å². The molecule has 1 heterocycles. The molecule has 0 saturated heterocycles. The Bertz CT molecular complexity index is 753. The Labute approximate surface area is 152 Å². The van der Waals surface area contributed by atoms with E-state index >= 15 is 0 Å². The lowest BCUT2D eigenvalue weighted by Crippen LogP contribution is -2.30. The molecule has 0 atom stereocenters. The van der Waals surface area contributed by atoms with E-state index in [0.717, 1.165) is 9.35 Å². The monoisotopic (exact) mass is 383 g/mol. The fourth-order valence-corrected chi connectivity index (χ4v) is 3.50. The maximum atomic E-state index is 13.8. The molecule has 2 aromatic rings. The number of rotatable bonds is 7. The minimum Gasteiger partial charge on any atom is -0.337 e. The number of benzene rings is 1. The summed E-state index contributed by atoms with van der Waals surface area (Å²) in [5.74, 6) is -0.147. The fraction of sp³-hybridized carbons (Fsp3) is 0.333. The third-order valence-corrected chi connectivity index (χ3v) is 4.91. The highest BCUT2D eigenvalue weighted by Crippen LogP contribution is 2.21. The van der Waals surface area contributed by atoms with E-state index in [4.69, 9.17) is 0 Å². The van der Waals surface area contributed by atoms with Gasteiger partial charge in [0.1, 0.15) is 10.8 Å². The number of hydrogen-bond donors (Lipinski definition) is 3. The standard InChI is InChI=1S/C15H18FN5O2S2/c1-3-13(22)18-10-4-5-11(16)12(8-10)19-14(23)17-6-7-24-15-21-20-9(2)25-15/h4-5,8H,3,6-7H2,1-2H3,(H,18,22)(H2,17,19,23). The molecule has 0 aliphatic heterocycles. The first-order chi connectivity index (χ1) is 12.0. The van der Waals surface area contributed by atoms with Gasteiger partial charge in [-0.25, -0.2) is 9.18 Å². The van der Waals surface area contributed by atoms with Crippen LogP contribution in [0.3, 0.4) is 0 Å². The van der Waals surface area contributed by atoms with Crippen LogP contribution in [0.4, 0.5) is 20.6 Å². The van der Waals surface area contributed by atoms with Crippen molar-refractivity contribution >= 4 is 46.4 Å². The van der Waals surface area contributed by atoms with Crippen molar-refractivity contribution in [2.45, 2.75) is 24.6 Å². The van der Waals surface area contributed by atoms with Gasteiger partial charge in [0.15, 0.2) is 4.34 Å². The van der Waals surface area contributed by atoms with Gasteiger partial charge in [-0.1, -0.05) is 30.0 Å². The molecular weight excluding hydrogens is 365 g/mol. The Morgan fingerprint density at radius 3 is 2.76 bits per heavy atom. The summed E-state index contributed by atoms with van der Waals surface area (Å²) in [6.45, 7) is 3.98. The van der Waals surface area contributed by atoms with Gasteiger partial charge in [-0.3, -0.25) is 4.79 Å². The summed E-state index contributed by atoms with van der Waals surface area (Å²) >= 11 is 2.97. The number of nitrogens with zero attached hydrogens (tertiary/aromatic N) is 2. The number of aromatic nitrogens is 2. The van der Waals surface area contributed by atoms with E-state index in [0.29, 0.717) is 24.4 Å². The van der Waals surface area contributed by atoms with Gasteiger partial charge in [-0.15, -0.1) is 10.2 Å². The quantitative estimate of drug-likeness (QED) is 0.504. The van der Waals surface area contributed by atoms with Gasteiger partial charge in [-0.2, -0.15) is 0 Å². The topological polar surface area (TPSA) is 96.0 Å². The van der Waals surface area contributed by atoms with E-state index in [1.54, 1.807) is 6.92 Å². The van der Waals surface area contributed by atoms with E-state index in [2.05, 4.69) is 26.1 Å². The van der Waals surface area contributed by atoms with Crippen LogP contribution in [0.2, 0.25) is 0 Å². The summed E-state index contributed by atoms with van der Waals surface area (Å²) in [6, 6.07) is 3.48. The number of thioether (sulfide) groups is 1. The number of urea groups is 1. The summed E-state index contributed by atoms with van der Waals surface area (Å²) in [5, 5.41) is 16.5. The van der Waals surface area contributed by atoms with E-state index in [1.165, 1.54) is 41.3 Å². The molecule has 25 heavy (non-hydrogen) atoms. The van der Waals surface area contributed by atoms with Crippen molar-refractivity contribution in [1.29, 1.82) is 0 Å². The SMILES string of the molecule is CCC(=O)Nc1ccc(F)c(NC(=O)NCCSc2nnc(C)s2)c1. The number of amides is 3. The normalized spacial score (nSPS) is 10.4. The van der Waals surface area contributed by atoms with E-state index < -0.39 is 11.8 Å². The predicted octanol–water partition coefficient (Wildman–Crippen LogP) is 3.25. The van der Waals surface area contributed by atoms with Crippen LogP contribution in [0.15, 0.2) is 22.5 Å². The molecule has 0 bridgehead atoms. The molecule has 1 aromatic carbocycles. The van der Waals surface area contributed by atoms with Crippen molar-refractivity contribution in [2.75, 3.05) is 22.9 Å². The van der Waals surface area contributed by atoms with Crippen LogP contribution in [0, 0.1) is 12.7 Å². The van der Waals surface area contributed by atoms with Crippen LogP contribution < -0.4 is 16.0 Å². The molecule has 0 fully saturated rings. The zero-order chi connectivity index (χ0) is 18.2. The van der Waals surface area contributed by atoms with E-state index in [1.807, 2.05) is 6.92 Å². The summed E-state index contributed by atoms with van der Waals surface area (Å²) in [6.07, 6.45) is 0.312. The lowest BCUT2D eigenvalue weighted by atomic mass is 10.2. The Kier molecular flexibility index (Phi) is 7.14. The highest BCUT2D eigenvalue weighted by molar-refractivity contribution is 8.01. The van der Waals surface area contributed by atoms with E-state index in [9.17, 15) is 14.0 Å². The first kappa shape index (κ1) is 19.1. The van der Waals surface area contributed by atoms with Crippen LogP contribution in [0.1, 0.15) is 18.4 Å². The van der Waals surface area contributed by atoms with Crippen molar-refractivity contribution in [1.82, 2.24) is 15.5 Å². The average Bonchev–Trinajstić information content (AvgIpc) is 3.00. The Hall–Kier alpha value is -2.20. The number of nitrogens with one attached hydrogen (secondary N) is 3. The van der Waals surface area contributed by atoms with Crippen LogP contribution >= 0.6 is 23.1 Å². The molecular formula is C15H18FN5O2S2. The molecule has 0 unspecified atom stereocenters. The highest BCUT2D eigenvalue weighted by Gasteiger charge is 2.09. The van der Waals surface area contributed by atoms with Crippen molar-refractivity contribution in [2.24, 2.45) is 0 Å². The third kappa shape index (κ3) is 6.31.